The van der Waals surface area contributed by atoms with Gasteiger partial charge in [-0.05, 0) is 20.3 Å². The quantitative estimate of drug-likeness (QED) is 0.762. The lowest BCUT2D eigenvalue weighted by Gasteiger charge is -2.43. The zero-order chi connectivity index (χ0) is 14.0. The zero-order valence-electron chi connectivity index (χ0n) is 12.5. The summed E-state index contributed by atoms with van der Waals surface area (Å²) in [6.07, 6.45) is 2.92. The SMILES string of the molecule is CC1(C)C(N2CCNCC2)CCN1NCC1=COCO1. The first-order valence-corrected chi connectivity index (χ1v) is 7.57. The lowest BCUT2D eigenvalue weighted by Crippen LogP contribution is -2.59. The normalized spacial score (nSPS) is 30.9. The molecule has 0 aromatic carbocycles. The van der Waals surface area contributed by atoms with Crippen molar-refractivity contribution in [1.82, 2.24) is 20.7 Å². The number of nitrogens with zero attached hydrogens (tertiary/aromatic N) is 2. The van der Waals surface area contributed by atoms with E-state index >= 15 is 0 Å². The van der Waals surface area contributed by atoms with E-state index in [4.69, 9.17) is 9.47 Å². The van der Waals surface area contributed by atoms with Crippen molar-refractivity contribution in [2.45, 2.75) is 31.8 Å². The number of ether oxygens (including phenoxy) is 2. The van der Waals surface area contributed by atoms with Crippen LogP contribution in [0.3, 0.4) is 0 Å². The van der Waals surface area contributed by atoms with Gasteiger partial charge in [-0.25, -0.2) is 10.4 Å². The van der Waals surface area contributed by atoms with E-state index in [1.165, 1.54) is 6.42 Å². The highest BCUT2D eigenvalue weighted by Crippen LogP contribution is 2.31. The van der Waals surface area contributed by atoms with Crippen molar-refractivity contribution in [2.24, 2.45) is 0 Å². The summed E-state index contributed by atoms with van der Waals surface area (Å²) in [5.74, 6) is 0.881. The van der Waals surface area contributed by atoms with Gasteiger partial charge in [0.15, 0.2) is 5.76 Å². The molecule has 3 aliphatic heterocycles. The minimum atomic E-state index is 0.136. The molecule has 20 heavy (non-hydrogen) atoms. The van der Waals surface area contributed by atoms with E-state index in [0.29, 0.717) is 19.4 Å². The van der Waals surface area contributed by atoms with Gasteiger partial charge in [0, 0.05) is 44.3 Å². The second-order valence-electron chi connectivity index (χ2n) is 6.24. The minimum Gasteiger partial charge on any atom is -0.462 e. The fraction of sp³-hybridized carbons (Fsp3) is 0.857. The van der Waals surface area contributed by atoms with Crippen molar-refractivity contribution in [3.8, 4) is 0 Å². The fourth-order valence-corrected chi connectivity index (χ4v) is 3.52. The predicted octanol–water partition coefficient (Wildman–Crippen LogP) is 0.0948. The third-order valence-electron chi connectivity index (χ3n) is 4.70. The van der Waals surface area contributed by atoms with Gasteiger partial charge in [0.2, 0.25) is 6.79 Å². The zero-order valence-corrected chi connectivity index (χ0v) is 12.5. The molecule has 3 heterocycles. The van der Waals surface area contributed by atoms with Gasteiger partial charge in [-0.2, -0.15) is 0 Å². The van der Waals surface area contributed by atoms with Crippen molar-refractivity contribution in [3.05, 3.63) is 12.0 Å². The number of piperazine rings is 1. The van der Waals surface area contributed by atoms with E-state index in [9.17, 15) is 0 Å². The molecule has 0 aromatic rings. The van der Waals surface area contributed by atoms with Gasteiger partial charge in [0.05, 0.1) is 6.54 Å². The van der Waals surface area contributed by atoms with Gasteiger partial charge in [0.25, 0.3) is 0 Å². The molecular weight excluding hydrogens is 256 g/mol. The first kappa shape index (κ1) is 14.1. The molecule has 0 spiro atoms. The molecule has 3 aliphatic rings. The maximum absolute atomic E-state index is 5.36. The highest BCUT2D eigenvalue weighted by molar-refractivity contribution is 5.02. The predicted molar refractivity (Wildman–Crippen MR) is 76.8 cm³/mol. The van der Waals surface area contributed by atoms with Gasteiger partial charge in [-0.1, -0.05) is 0 Å². The Morgan fingerprint density at radius 3 is 2.85 bits per heavy atom. The minimum absolute atomic E-state index is 0.136. The summed E-state index contributed by atoms with van der Waals surface area (Å²) < 4.78 is 10.4. The summed E-state index contributed by atoms with van der Waals surface area (Å²) in [6.45, 7) is 11.3. The number of rotatable bonds is 4. The van der Waals surface area contributed by atoms with Crippen LogP contribution < -0.4 is 10.7 Å². The lowest BCUT2D eigenvalue weighted by atomic mass is 9.94. The Morgan fingerprint density at radius 2 is 2.15 bits per heavy atom. The molecular formula is C14H26N4O2. The Kier molecular flexibility index (Phi) is 4.16. The molecule has 6 nitrogen and oxygen atoms in total. The molecule has 1 unspecified atom stereocenters. The van der Waals surface area contributed by atoms with Crippen LogP contribution in [0.2, 0.25) is 0 Å². The van der Waals surface area contributed by atoms with E-state index < -0.39 is 0 Å². The summed E-state index contributed by atoms with van der Waals surface area (Å²) in [5.41, 5.74) is 3.64. The second kappa shape index (κ2) is 5.89. The average Bonchev–Trinajstić information content (AvgIpc) is 3.05. The van der Waals surface area contributed by atoms with Gasteiger partial charge >= 0.3 is 0 Å². The van der Waals surface area contributed by atoms with Crippen LogP contribution in [0.1, 0.15) is 20.3 Å². The molecule has 1 atom stereocenters. The molecule has 2 fully saturated rings. The Labute approximate surface area is 121 Å². The molecule has 0 amide bonds. The molecule has 2 N–H and O–H groups in total. The Hall–Kier alpha value is -0.820. The maximum atomic E-state index is 5.36. The van der Waals surface area contributed by atoms with E-state index in [1.54, 1.807) is 6.26 Å². The van der Waals surface area contributed by atoms with E-state index in [2.05, 4.69) is 34.5 Å². The van der Waals surface area contributed by atoms with Crippen LogP contribution >= 0.6 is 0 Å². The van der Waals surface area contributed by atoms with Crippen LogP contribution in [-0.2, 0) is 9.47 Å². The van der Waals surface area contributed by atoms with Crippen molar-refractivity contribution >= 4 is 0 Å². The summed E-state index contributed by atoms with van der Waals surface area (Å²) in [4.78, 5) is 2.63. The Morgan fingerprint density at radius 1 is 1.35 bits per heavy atom. The third-order valence-corrected chi connectivity index (χ3v) is 4.70. The van der Waals surface area contributed by atoms with Gasteiger partial charge in [-0.15, -0.1) is 0 Å². The Bertz CT molecular complexity index is 366. The number of nitrogens with one attached hydrogen (secondary N) is 2. The van der Waals surface area contributed by atoms with Crippen molar-refractivity contribution in [3.63, 3.8) is 0 Å². The maximum Gasteiger partial charge on any atom is 0.229 e. The highest BCUT2D eigenvalue weighted by atomic mass is 16.7. The highest BCUT2D eigenvalue weighted by Gasteiger charge is 2.44. The monoisotopic (exact) mass is 282 g/mol. The first-order valence-electron chi connectivity index (χ1n) is 7.57. The number of hydrogen-bond donors (Lipinski definition) is 2. The van der Waals surface area contributed by atoms with Gasteiger partial charge < -0.3 is 14.8 Å². The van der Waals surface area contributed by atoms with Crippen molar-refractivity contribution < 1.29 is 9.47 Å². The summed E-state index contributed by atoms with van der Waals surface area (Å²) in [6, 6.07) is 0.617. The molecule has 3 rings (SSSR count). The van der Waals surface area contributed by atoms with Crippen LogP contribution in [0.5, 0.6) is 0 Å². The van der Waals surface area contributed by atoms with Crippen molar-refractivity contribution in [2.75, 3.05) is 46.1 Å². The lowest BCUT2D eigenvalue weighted by molar-refractivity contribution is 0.0354. The molecule has 0 saturated carbocycles. The smallest absolute Gasteiger partial charge is 0.229 e. The van der Waals surface area contributed by atoms with E-state index in [0.717, 1.165) is 38.5 Å². The first-order chi connectivity index (χ1) is 9.68. The van der Waals surface area contributed by atoms with Gasteiger partial charge in [-0.3, -0.25) is 4.90 Å². The molecule has 0 aromatic heterocycles. The Balaban J connectivity index is 1.56. The van der Waals surface area contributed by atoms with E-state index in [-0.39, 0.29) is 5.54 Å². The topological polar surface area (TPSA) is 49.0 Å². The van der Waals surface area contributed by atoms with Gasteiger partial charge in [0.1, 0.15) is 6.26 Å². The molecule has 0 aliphatic carbocycles. The van der Waals surface area contributed by atoms with Crippen LogP contribution in [0.15, 0.2) is 12.0 Å². The molecule has 6 heteroatoms. The molecule has 114 valence electrons. The molecule has 0 radical (unpaired) electrons. The fourth-order valence-electron chi connectivity index (χ4n) is 3.52. The second-order valence-corrected chi connectivity index (χ2v) is 6.24. The standard InChI is InChI=1S/C14H26N4O2/c1-14(2)13(17-7-4-15-5-8-17)3-6-18(14)16-9-12-10-19-11-20-12/h10,13,15-16H,3-9,11H2,1-2H3. The van der Waals surface area contributed by atoms with Crippen LogP contribution in [0.4, 0.5) is 0 Å². The van der Waals surface area contributed by atoms with E-state index in [1.807, 2.05) is 0 Å². The molecule has 2 saturated heterocycles. The third kappa shape index (κ3) is 2.79. The van der Waals surface area contributed by atoms with Crippen LogP contribution in [0, 0.1) is 0 Å². The summed E-state index contributed by atoms with van der Waals surface area (Å²) in [7, 11) is 0. The van der Waals surface area contributed by atoms with Crippen molar-refractivity contribution in [1.29, 1.82) is 0 Å². The number of hydrogen-bond acceptors (Lipinski definition) is 6. The number of hydrazine groups is 1. The van der Waals surface area contributed by atoms with Crippen LogP contribution in [-0.4, -0.2) is 67.6 Å². The largest absolute Gasteiger partial charge is 0.462 e. The van der Waals surface area contributed by atoms with Crippen LogP contribution in [0.25, 0.3) is 0 Å². The summed E-state index contributed by atoms with van der Waals surface area (Å²) >= 11 is 0. The summed E-state index contributed by atoms with van der Waals surface area (Å²) in [5, 5.41) is 5.79. The average molecular weight is 282 g/mol. The molecule has 0 bridgehead atoms.